The van der Waals surface area contributed by atoms with Gasteiger partial charge in [-0.05, 0) is 66.4 Å². The summed E-state index contributed by atoms with van der Waals surface area (Å²) in [5.41, 5.74) is 9.92. The van der Waals surface area contributed by atoms with Gasteiger partial charge >= 0.3 is 0 Å². The molecule has 0 fully saturated rings. The summed E-state index contributed by atoms with van der Waals surface area (Å²) in [6.45, 7) is 8.74. The zero-order valence-electron chi connectivity index (χ0n) is 20.8. The Morgan fingerprint density at radius 3 is 2.72 bits per heavy atom. The lowest BCUT2D eigenvalue weighted by molar-refractivity contribution is -0.115. The van der Waals surface area contributed by atoms with Gasteiger partial charge in [0.15, 0.2) is 11.5 Å². The van der Waals surface area contributed by atoms with E-state index in [0.29, 0.717) is 51.6 Å². The Balaban J connectivity index is 1.76. The van der Waals surface area contributed by atoms with Gasteiger partial charge in [-0.25, -0.2) is 4.68 Å². The minimum absolute atomic E-state index is 0.393. The van der Waals surface area contributed by atoms with Gasteiger partial charge in [0.1, 0.15) is 12.6 Å². The first-order valence-electron chi connectivity index (χ1n) is 11.8. The maximum absolute atomic E-state index is 12.6. The molecule has 8 nitrogen and oxygen atoms in total. The second-order valence-electron chi connectivity index (χ2n) is 8.48. The predicted octanol–water partition coefficient (Wildman–Crippen LogP) is 5.60. The first-order chi connectivity index (χ1) is 17.3. The fraction of sp³-hybridized carbons (Fsp3) is 0.346. The number of nitrogens with zero attached hydrogens (tertiary/aromatic N) is 3. The number of carbonyl (C=O) groups is 1. The number of hydrogen-bond donors (Lipinski definition) is 2. The van der Waals surface area contributed by atoms with Gasteiger partial charge in [-0.15, -0.1) is 5.10 Å². The van der Waals surface area contributed by atoms with Crippen LogP contribution in [0, 0.1) is 6.92 Å². The van der Waals surface area contributed by atoms with E-state index in [-0.39, 0.29) is 0 Å². The number of anilines is 1. The number of nitrogens with one attached hydrogen (secondary N) is 1. The molecule has 2 heterocycles. The highest BCUT2D eigenvalue weighted by Crippen LogP contribution is 2.43. The number of nitrogens with two attached hydrogens (primary N) is 1. The molecule has 4 rings (SSSR count). The van der Waals surface area contributed by atoms with E-state index < -0.39 is 11.9 Å². The van der Waals surface area contributed by atoms with Crippen LogP contribution in [-0.4, -0.2) is 33.0 Å². The van der Waals surface area contributed by atoms with Gasteiger partial charge in [0, 0.05) is 11.4 Å². The monoisotopic (exact) mass is 571 g/mol. The Labute approximate surface area is 223 Å². The Hall–Kier alpha value is -2.98. The Bertz CT molecular complexity index is 1310. The number of aryl methyl sites for hydroxylation is 1. The number of allylic oxidation sites excluding steroid dienone is 1. The summed E-state index contributed by atoms with van der Waals surface area (Å²) in [6.07, 6.45) is 1.00. The largest absolute Gasteiger partial charge is 0.490 e. The SMILES string of the molecule is CCCSc1nc2n(n1)C(c1cc(Br)c(OCc3cccc(C)c3)c(OCC)c1)C(C(N)=O)=C(C)N2. The van der Waals surface area contributed by atoms with Gasteiger partial charge in [0.05, 0.1) is 16.7 Å². The van der Waals surface area contributed by atoms with Gasteiger partial charge in [-0.1, -0.05) is 48.5 Å². The molecule has 1 unspecified atom stereocenters. The van der Waals surface area contributed by atoms with Crippen molar-refractivity contribution in [2.24, 2.45) is 5.73 Å². The van der Waals surface area contributed by atoms with Gasteiger partial charge < -0.3 is 20.5 Å². The molecule has 0 spiro atoms. The summed E-state index contributed by atoms with van der Waals surface area (Å²) in [7, 11) is 0. The van der Waals surface area contributed by atoms with Crippen LogP contribution in [0.1, 0.15) is 49.9 Å². The van der Waals surface area contributed by atoms with E-state index in [1.807, 2.05) is 38.1 Å². The number of ether oxygens (including phenoxy) is 2. The quantitative estimate of drug-likeness (QED) is 0.305. The molecule has 1 amide bonds. The third-order valence-corrected chi connectivity index (χ3v) is 7.28. The first kappa shape index (κ1) is 26.1. The molecule has 10 heteroatoms. The van der Waals surface area contributed by atoms with Crippen molar-refractivity contribution in [1.29, 1.82) is 0 Å². The average Bonchev–Trinajstić information content (AvgIpc) is 3.23. The maximum Gasteiger partial charge on any atom is 0.248 e. The van der Waals surface area contributed by atoms with Crippen molar-refractivity contribution in [3.63, 3.8) is 0 Å². The number of rotatable bonds is 10. The molecule has 1 atom stereocenters. The number of hydrogen-bond acceptors (Lipinski definition) is 7. The van der Waals surface area contributed by atoms with E-state index in [4.69, 9.17) is 20.3 Å². The van der Waals surface area contributed by atoms with Crippen LogP contribution in [-0.2, 0) is 11.4 Å². The van der Waals surface area contributed by atoms with E-state index in [0.717, 1.165) is 23.3 Å². The van der Waals surface area contributed by atoms with Crippen LogP contribution in [0.25, 0.3) is 0 Å². The molecule has 190 valence electrons. The summed E-state index contributed by atoms with van der Waals surface area (Å²) in [6, 6.07) is 11.4. The fourth-order valence-electron chi connectivity index (χ4n) is 4.12. The number of thioether (sulfide) groups is 1. The molecule has 1 aliphatic rings. The van der Waals surface area contributed by atoms with Crippen LogP contribution >= 0.6 is 27.7 Å². The third kappa shape index (κ3) is 5.54. The highest BCUT2D eigenvalue weighted by atomic mass is 79.9. The van der Waals surface area contributed by atoms with Crippen molar-refractivity contribution in [3.05, 3.63) is 68.8 Å². The summed E-state index contributed by atoms with van der Waals surface area (Å²) >= 11 is 5.24. The van der Waals surface area contributed by atoms with E-state index in [9.17, 15) is 4.79 Å². The number of halogens is 1. The smallest absolute Gasteiger partial charge is 0.248 e. The molecule has 0 saturated carbocycles. The summed E-state index contributed by atoms with van der Waals surface area (Å²) in [4.78, 5) is 17.2. The minimum Gasteiger partial charge on any atom is -0.490 e. The van der Waals surface area contributed by atoms with Gasteiger partial charge in [-0.2, -0.15) is 4.98 Å². The average molecular weight is 573 g/mol. The van der Waals surface area contributed by atoms with Crippen molar-refractivity contribution in [1.82, 2.24) is 14.8 Å². The van der Waals surface area contributed by atoms with Gasteiger partial charge in [0.25, 0.3) is 0 Å². The van der Waals surface area contributed by atoms with Crippen molar-refractivity contribution in [3.8, 4) is 11.5 Å². The lowest BCUT2D eigenvalue weighted by Crippen LogP contribution is -2.32. The third-order valence-electron chi connectivity index (χ3n) is 5.65. The Morgan fingerprint density at radius 1 is 1.22 bits per heavy atom. The predicted molar refractivity (Wildman–Crippen MR) is 146 cm³/mol. The van der Waals surface area contributed by atoms with Crippen LogP contribution in [0.4, 0.5) is 5.95 Å². The Kier molecular flexibility index (Phi) is 8.25. The lowest BCUT2D eigenvalue weighted by Gasteiger charge is -2.28. The van der Waals surface area contributed by atoms with Crippen LogP contribution in [0.2, 0.25) is 0 Å². The standard InChI is InChI=1S/C26H30BrN5O3S/c1-5-10-36-26-30-25-29-16(4)21(24(28)33)22(32(25)31-26)18-12-19(27)23(20(13-18)34-6-2)35-14-17-9-7-8-15(3)11-17/h7-9,11-13,22H,5-6,10,14H2,1-4H3,(H2,28,33)(H,29,30,31). The fourth-order valence-corrected chi connectivity index (χ4v) is 5.38. The van der Waals surface area contributed by atoms with E-state index in [1.165, 1.54) is 5.56 Å². The number of aromatic nitrogens is 3. The molecule has 1 aromatic heterocycles. The zero-order chi connectivity index (χ0) is 25.8. The zero-order valence-corrected chi connectivity index (χ0v) is 23.2. The van der Waals surface area contributed by atoms with Crippen molar-refractivity contribution in [2.75, 3.05) is 17.7 Å². The summed E-state index contributed by atoms with van der Waals surface area (Å²) in [5.74, 6) is 2.10. The number of carbonyl (C=O) groups excluding carboxylic acids is 1. The van der Waals surface area contributed by atoms with Crippen molar-refractivity contribution < 1.29 is 14.3 Å². The highest BCUT2D eigenvalue weighted by molar-refractivity contribution is 9.10. The first-order valence-corrected chi connectivity index (χ1v) is 13.6. The molecule has 0 aliphatic carbocycles. The highest BCUT2D eigenvalue weighted by Gasteiger charge is 2.34. The molecule has 3 N–H and O–H groups in total. The van der Waals surface area contributed by atoms with Gasteiger partial charge in [0.2, 0.25) is 17.0 Å². The summed E-state index contributed by atoms with van der Waals surface area (Å²) in [5, 5.41) is 8.53. The van der Waals surface area contributed by atoms with E-state index in [1.54, 1.807) is 16.4 Å². The molecule has 3 aromatic rings. The molecule has 0 saturated heterocycles. The van der Waals surface area contributed by atoms with Crippen LogP contribution < -0.4 is 20.5 Å². The van der Waals surface area contributed by atoms with Crippen LogP contribution in [0.15, 0.2) is 57.3 Å². The topological polar surface area (TPSA) is 104 Å². The molecule has 0 bridgehead atoms. The number of fused-ring (bicyclic) bond motifs is 1. The number of benzene rings is 2. The molecule has 2 aromatic carbocycles. The van der Waals surface area contributed by atoms with E-state index in [2.05, 4.69) is 52.2 Å². The minimum atomic E-state index is -0.566. The second kappa shape index (κ2) is 11.4. The van der Waals surface area contributed by atoms with Crippen molar-refractivity contribution >= 4 is 39.5 Å². The molecule has 0 radical (unpaired) electrons. The number of primary amides is 1. The van der Waals surface area contributed by atoms with E-state index >= 15 is 0 Å². The summed E-state index contributed by atoms with van der Waals surface area (Å²) < 4.78 is 14.6. The normalized spacial score (nSPS) is 14.9. The van der Waals surface area contributed by atoms with Crippen molar-refractivity contribution in [2.45, 2.75) is 51.9 Å². The van der Waals surface area contributed by atoms with Crippen LogP contribution in [0.3, 0.4) is 0 Å². The molecular formula is C26H30BrN5O3S. The molecule has 36 heavy (non-hydrogen) atoms. The second-order valence-corrected chi connectivity index (χ2v) is 10.4. The molecule has 1 aliphatic heterocycles. The maximum atomic E-state index is 12.6. The van der Waals surface area contributed by atoms with Gasteiger partial charge in [-0.3, -0.25) is 4.79 Å². The number of amides is 1. The molecular weight excluding hydrogens is 542 g/mol. The van der Waals surface area contributed by atoms with Crippen LogP contribution in [0.5, 0.6) is 11.5 Å². The Morgan fingerprint density at radius 2 is 2.03 bits per heavy atom. The lowest BCUT2D eigenvalue weighted by atomic mass is 9.95.